The number of methoxy groups -OCH3 is 1. The second-order valence-corrected chi connectivity index (χ2v) is 11.7. The molecule has 1 aliphatic carbocycles. The van der Waals surface area contributed by atoms with E-state index in [1.54, 1.807) is 23.3 Å². The third-order valence-electron chi connectivity index (χ3n) is 7.85. The van der Waals surface area contributed by atoms with E-state index in [4.69, 9.17) is 14.2 Å². The zero-order chi connectivity index (χ0) is 25.8. The minimum absolute atomic E-state index is 0.00808. The summed E-state index contributed by atoms with van der Waals surface area (Å²) in [5.41, 5.74) is 2.08. The first-order valence-corrected chi connectivity index (χ1v) is 14.5. The molecule has 0 bridgehead atoms. The van der Waals surface area contributed by atoms with Gasteiger partial charge in [0.15, 0.2) is 17.3 Å². The fraction of sp³-hybridized carbons (Fsp3) is 0.621. The number of ether oxygens (including phenoxy) is 3. The molecule has 8 heteroatoms. The third-order valence-corrected chi connectivity index (χ3v) is 8.88. The first kappa shape index (κ1) is 26.2. The van der Waals surface area contributed by atoms with Gasteiger partial charge in [-0.2, -0.15) is 0 Å². The highest BCUT2D eigenvalue weighted by atomic mass is 32.1. The van der Waals surface area contributed by atoms with E-state index in [2.05, 4.69) is 10.4 Å². The number of hydrogen-bond donors (Lipinski definition) is 0. The number of carbonyl (C=O) groups excluding carboxylic acids is 2. The smallest absolute Gasteiger partial charge is 0.223 e. The molecule has 1 aromatic heterocycles. The van der Waals surface area contributed by atoms with Crippen LogP contribution in [0, 0.1) is 18.8 Å². The Balaban J connectivity index is 1.21. The summed E-state index contributed by atoms with van der Waals surface area (Å²) in [5, 5.41) is 3.16. The van der Waals surface area contributed by atoms with Crippen LogP contribution in [0.5, 0.6) is 11.5 Å². The van der Waals surface area contributed by atoms with Crippen molar-refractivity contribution in [3.63, 3.8) is 0 Å². The predicted octanol–water partition coefficient (Wildman–Crippen LogP) is 4.95. The number of aryl methyl sites for hydroxylation is 2. The summed E-state index contributed by atoms with van der Waals surface area (Å²) in [7, 11) is 1.63. The molecule has 3 aliphatic rings. The molecule has 1 amide bonds. The number of thiazole rings is 1. The van der Waals surface area contributed by atoms with Gasteiger partial charge in [0.1, 0.15) is 6.10 Å². The lowest BCUT2D eigenvalue weighted by Gasteiger charge is -2.21. The average molecular weight is 527 g/mol. The van der Waals surface area contributed by atoms with Gasteiger partial charge in [-0.15, -0.1) is 11.3 Å². The Morgan fingerprint density at radius 1 is 1.24 bits per heavy atom. The molecule has 0 N–H and O–H groups in total. The molecule has 3 fully saturated rings. The summed E-state index contributed by atoms with van der Waals surface area (Å²) >= 11 is 1.67. The number of nitrogens with zero attached hydrogens (tertiary/aromatic N) is 2. The first-order valence-electron chi connectivity index (χ1n) is 13.6. The maximum absolute atomic E-state index is 13.4. The third kappa shape index (κ3) is 6.90. The van der Waals surface area contributed by atoms with Gasteiger partial charge < -0.3 is 19.1 Å². The molecular formula is C29H38N2O5S. The molecule has 2 saturated heterocycles. The Labute approximate surface area is 223 Å². The molecule has 2 aliphatic heterocycles. The van der Waals surface area contributed by atoms with E-state index < -0.39 is 0 Å². The largest absolute Gasteiger partial charge is 0.493 e. The van der Waals surface area contributed by atoms with Crippen molar-refractivity contribution < 1.29 is 23.8 Å². The molecule has 5 rings (SSSR count). The Hall–Kier alpha value is -2.45. The molecule has 1 aromatic carbocycles. The van der Waals surface area contributed by atoms with Crippen molar-refractivity contribution in [2.75, 3.05) is 33.4 Å². The van der Waals surface area contributed by atoms with Gasteiger partial charge >= 0.3 is 0 Å². The van der Waals surface area contributed by atoms with Gasteiger partial charge in [-0.1, -0.05) is 18.9 Å². The van der Waals surface area contributed by atoms with Crippen LogP contribution in [-0.4, -0.2) is 61.1 Å². The van der Waals surface area contributed by atoms with Crippen molar-refractivity contribution in [3.8, 4) is 11.5 Å². The van der Waals surface area contributed by atoms with E-state index in [-0.39, 0.29) is 36.2 Å². The number of ketones is 1. The molecule has 2 aromatic rings. The molecule has 3 heterocycles. The second kappa shape index (κ2) is 11.9. The fourth-order valence-electron chi connectivity index (χ4n) is 5.42. The van der Waals surface area contributed by atoms with E-state index >= 15 is 0 Å². The van der Waals surface area contributed by atoms with E-state index in [0.717, 1.165) is 54.3 Å². The number of Topliss-reactive ketones (excluding diaryl/α,β-unsaturated/α-hetero) is 1. The quantitative estimate of drug-likeness (QED) is 0.367. The summed E-state index contributed by atoms with van der Waals surface area (Å²) in [4.78, 5) is 32.7. The topological polar surface area (TPSA) is 78.0 Å². The monoisotopic (exact) mass is 526 g/mol. The maximum Gasteiger partial charge on any atom is 0.223 e. The number of aromatic nitrogens is 1. The number of hydrogen-bond acceptors (Lipinski definition) is 7. The highest BCUT2D eigenvalue weighted by molar-refractivity contribution is 7.09. The van der Waals surface area contributed by atoms with Crippen LogP contribution >= 0.6 is 11.3 Å². The Bertz CT molecular complexity index is 1090. The van der Waals surface area contributed by atoms with Crippen molar-refractivity contribution in [2.24, 2.45) is 11.8 Å². The van der Waals surface area contributed by atoms with Gasteiger partial charge in [-0.05, 0) is 56.2 Å². The summed E-state index contributed by atoms with van der Waals surface area (Å²) in [6.07, 6.45) is 7.55. The average Bonchev–Trinajstić information content (AvgIpc) is 3.21. The summed E-state index contributed by atoms with van der Waals surface area (Å²) < 4.78 is 17.1. The molecule has 0 spiro atoms. The molecule has 7 nitrogen and oxygen atoms in total. The Morgan fingerprint density at radius 2 is 2.11 bits per heavy atom. The molecular weight excluding hydrogens is 488 g/mol. The predicted molar refractivity (Wildman–Crippen MR) is 142 cm³/mol. The van der Waals surface area contributed by atoms with E-state index in [0.29, 0.717) is 37.7 Å². The van der Waals surface area contributed by atoms with Gasteiger partial charge in [0.05, 0.1) is 31.9 Å². The lowest BCUT2D eigenvalue weighted by Crippen LogP contribution is -2.34. The van der Waals surface area contributed by atoms with Crippen molar-refractivity contribution in [1.29, 1.82) is 0 Å². The summed E-state index contributed by atoms with van der Waals surface area (Å²) in [5.74, 6) is 2.44. The van der Waals surface area contributed by atoms with Crippen molar-refractivity contribution in [1.82, 2.24) is 9.88 Å². The van der Waals surface area contributed by atoms with Gasteiger partial charge in [-0.25, -0.2) is 4.98 Å². The molecule has 2 unspecified atom stereocenters. The first-order chi connectivity index (χ1) is 18.0. The normalized spacial score (nSPS) is 22.4. The molecule has 3 atom stereocenters. The fourth-order valence-corrected chi connectivity index (χ4v) is 6.21. The minimum atomic E-state index is -0.00808. The number of likely N-dealkylation sites (tertiary alicyclic amines) is 1. The summed E-state index contributed by atoms with van der Waals surface area (Å²) in [6, 6.07) is 5.91. The van der Waals surface area contributed by atoms with Gasteiger partial charge in [0, 0.05) is 42.3 Å². The van der Waals surface area contributed by atoms with Crippen LogP contribution in [0.1, 0.15) is 67.1 Å². The number of carbonyl (C=O) groups is 2. The van der Waals surface area contributed by atoms with Gasteiger partial charge in [0.25, 0.3) is 0 Å². The van der Waals surface area contributed by atoms with Crippen molar-refractivity contribution in [2.45, 2.75) is 70.3 Å². The molecule has 200 valence electrons. The number of benzene rings is 1. The number of rotatable bonds is 13. The highest BCUT2D eigenvalue weighted by Gasteiger charge is 2.34. The summed E-state index contributed by atoms with van der Waals surface area (Å²) in [6.45, 7) is 4.06. The van der Waals surface area contributed by atoms with Crippen LogP contribution in [-0.2, 0) is 20.7 Å². The van der Waals surface area contributed by atoms with Crippen molar-refractivity contribution >= 4 is 23.0 Å². The molecule has 1 saturated carbocycles. The SMILES string of the molecule is COc1ccc([C@@H]2CC(=O)N(CC(=O)C(CCc3nc(C)cs3)CCC3CC3)C2)cc1OC1CCOC1. The van der Waals surface area contributed by atoms with Crippen LogP contribution in [0.3, 0.4) is 0 Å². The minimum Gasteiger partial charge on any atom is -0.493 e. The van der Waals surface area contributed by atoms with Crippen LogP contribution in [0.4, 0.5) is 0 Å². The Kier molecular flexibility index (Phi) is 8.45. The second-order valence-electron chi connectivity index (χ2n) is 10.8. The van der Waals surface area contributed by atoms with Crippen LogP contribution in [0.15, 0.2) is 23.6 Å². The maximum atomic E-state index is 13.4. The van der Waals surface area contributed by atoms with Gasteiger partial charge in [0.2, 0.25) is 5.91 Å². The van der Waals surface area contributed by atoms with Crippen LogP contribution in [0.25, 0.3) is 0 Å². The zero-order valence-corrected chi connectivity index (χ0v) is 22.8. The Morgan fingerprint density at radius 3 is 2.81 bits per heavy atom. The lowest BCUT2D eigenvalue weighted by atomic mass is 9.91. The van der Waals surface area contributed by atoms with Crippen LogP contribution < -0.4 is 9.47 Å². The zero-order valence-electron chi connectivity index (χ0n) is 21.9. The lowest BCUT2D eigenvalue weighted by molar-refractivity contribution is -0.134. The van der Waals surface area contributed by atoms with Gasteiger partial charge in [-0.3, -0.25) is 9.59 Å². The molecule has 0 radical (unpaired) electrons. The standard InChI is InChI=1S/C29H38N2O5S/c1-19-18-37-28(30-19)10-8-21(6-5-20-3-4-20)25(32)16-31-15-23(14-29(31)33)22-7-9-26(34-2)27(13-22)36-24-11-12-35-17-24/h7,9,13,18,20-21,23-24H,3-6,8,10-12,14-17H2,1-2H3/t21?,23-,24?/m1/s1. The van der Waals surface area contributed by atoms with E-state index in [1.165, 1.54) is 12.8 Å². The van der Waals surface area contributed by atoms with E-state index in [9.17, 15) is 9.59 Å². The highest BCUT2D eigenvalue weighted by Crippen LogP contribution is 2.37. The van der Waals surface area contributed by atoms with Crippen molar-refractivity contribution in [3.05, 3.63) is 39.8 Å². The van der Waals surface area contributed by atoms with E-state index in [1.807, 2.05) is 25.1 Å². The molecule has 37 heavy (non-hydrogen) atoms. The van der Waals surface area contributed by atoms with Crippen LogP contribution in [0.2, 0.25) is 0 Å². The number of amides is 1.